The number of hydrogen-bond acceptors (Lipinski definition) is 5. The molecule has 1 aromatic heterocycles. The minimum absolute atomic E-state index is 0.0129. The van der Waals surface area contributed by atoms with Crippen LogP contribution in [0.4, 0.5) is 0 Å². The van der Waals surface area contributed by atoms with Crippen molar-refractivity contribution in [3.8, 4) is 11.5 Å². The number of aromatic nitrogens is 1. The highest BCUT2D eigenvalue weighted by atomic mass is 16.4. The molecule has 2 aliphatic heterocycles. The summed E-state index contributed by atoms with van der Waals surface area (Å²) in [6.45, 7) is 7.59. The van der Waals surface area contributed by atoms with E-state index in [0.717, 1.165) is 51.3 Å². The lowest BCUT2D eigenvalue weighted by molar-refractivity contribution is 0.0766. The highest BCUT2D eigenvalue weighted by Gasteiger charge is 2.33. The van der Waals surface area contributed by atoms with Gasteiger partial charge >= 0.3 is 0 Å². The van der Waals surface area contributed by atoms with Crippen LogP contribution >= 0.6 is 0 Å². The second kappa shape index (κ2) is 6.98. The number of nitrogens with zero attached hydrogens (tertiary/aromatic N) is 3. The van der Waals surface area contributed by atoms with E-state index in [1.165, 1.54) is 0 Å². The third kappa shape index (κ3) is 3.32. The smallest absolute Gasteiger partial charge is 0.276 e. The van der Waals surface area contributed by atoms with Crippen LogP contribution in [0, 0.1) is 6.92 Å². The van der Waals surface area contributed by atoms with E-state index in [2.05, 4.69) is 15.2 Å². The van der Waals surface area contributed by atoms with Gasteiger partial charge in [-0.05, 0) is 25.5 Å². The summed E-state index contributed by atoms with van der Waals surface area (Å²) in [5.74, 6) is 1.09. The van der Waals surface area contributed by atoms with Gasteiger partial charge in [-0.1, -0.05) is 18.2 Å². The molecule has 2 fully saturated rings. The van der Waals surface area contributed by atoms with Gasteiger partial charge in [0, 0.05) is 50.9 Å². The second-order valence-corrected chi connectivity index (χ2v) is 6.77. The summed E-state index contributed by atoms with van der Waals surface area (Å²) in [5.41, 5.74) is 1.34. The van der Waals surface area contributed by atoms with Crippen molar-refractivity contribution >= 4 is 5.91 Å². The summed E-state index contributed by atoms with van der Waals surface area (Å²) in [4.78, 5) is 21.8. The summed E-state index contributed by atoms with van der Waals surface area (Å²) in [5, 5.41) is 3.38. The molecule has 0 aliphatic carbocycles. The first-order chi connectivity index (χ1) is 12.2. The van der Waals surface area contributed by atoms with E-state index in [0.29, 0.717) is 23.4 Å². The van der Waals surface area contributed by atoms with Crippen LogP contribution in [-0.2, 0) is 0 Å². The van der Waals surface area contributed by atoms with Crippen LogP contribution in [-0.4, -0.2) is 66.0 Å². The molecule has 0 bridgehead atoms. The van der Waals surface area contributed by atoms with Crippen molar-refractivity contribution in [3.05, 3.63) is 41.8 Å². The van der Waals surface area contributed by atoms with Crippen LogP contribution in [0.15, 0.2) is 34.7 Å². The summed E-state index contributed by atoms with van der Waals surface area (Å²) >= 11 is 0. The molecule has 132 valence electrons. The van der Waals surface area contributed by atoms with E-state index in [1.54, 1.807) is 0 Å². The topological polar surface area (TPSA) is 61.6 Å². The number of rotatable bonds is 3. The summed E-state index contributed by atoms with van der Waals surface area (Å²) in [6.07, 6.45) is 1.04. The van der Waals surface area contributed by atoms with Gasteiger partial charge in [0.05, 0.1) is 0 Å². The largest absolute Gasteiger partial charge is 0.441 e. The molecule has 2 saturated heterocycles. The Morgan fingerprint density at radius 3 is 2.72 bits per heavy atom. The fourth-order valence-electron chi connectivity index (χ4n) is 3.72. The van der Waals surface area contributed by atoms with Crippen molar-refractivity contribution in [1.82, 2.24) is 20.1 Å². The number of nitrogens with one attached hydrogen (secondary N) is 1. The van der Waals surface area contributed by atoms with Gasteiger partial charge in [-0.3, -0.25) is 9.69 Å². The monoisotopic (exact) mass is 340 g/mol. The Labute approximate surface area is 147 Å². The number of piperazine rings is 1. The Morgan fingerprint density at radius 2 is 1.96 bits per heavy atom. The van der Waals surface area contributed by atoms with Gasteiger partial charge in [0.25, 0.3) is 5.91 Å². The van der Waals surface area contributed by atoms with Crippen molar-refractivity contribution < 1.29 is 9.21 Å². The number of aryl methyl sites for hydroxylation is 1. The Bertz CT molecular complexity index is 737. The summed E-state index contributed by atoms with van der Waals surface area (Å²) in [7, 11) is 0. The minimum atomic E-state index is -0.0129. The Kier molecular flexibility index (Phi) is 4.55. The van der Waals surface area contributed by atoms with E-state index in [1.807, 2.05) is 42.2 Å². The quantitative estimate of drug-likeness (QED) is 0.923. The van der Waals surface area contributed by atoms with Gasteiger partial charge in [0.2, 0.25) is 5.89 Å². The Morgan fingerprint density at radius 1 is 1.20 bits per heavy atom. The van der Waals surface area contributed by atoms with Gasteiger partial charge in [-0.25, -0.2) is 4.98 Å². The summed E-state index contributed by atoms with van der Waals surface area (Å²) < 4.78 is 5.75. The van der Waals surface area contributed by atoms with Crippen LogP contribution in [0.1, 0.15) is 22.7 Å². The first-order valence-electron chi connectivity index (χ1n) is 8.99. The minimum Gasteiger partial charge on any atom is -0.441 e. The van der Waals surface area contributed by atoms with E-state index in [9.17, 15) is 4.79 Å². The highest BCUT2D eigenvalue weighted by molar-refractivity contribution is 5.94. The molecular formula is C19H24N4O2. The number of amides is 1. The number of carbonyl (C=O) groups excluding carboxylic acids is 1. The van der Waals surface area contributed by atoms with Gasteiger partial charge < -0.3 is 14.6 Å². The number of carbonyl (C=O) groups is 1. The predicted octanol–water partition coefficient (Wildman–Crippen LogP) is 1.77. The molecule has 2 aromatic rings. The fraction of sp³-hybridized carbons (Fsp3) is 0.474. The van der Waals surface area contributed by atoms with Crippen molar-refractivity contribution in [2.45, 2.75) is 19.4 Å². The molecule has 0 spiro atoms. The third-order valence-corrected chi connectivity index (χ3v) is 5.14. The molecule has 0 radical (unpaired) electrons. The Hall–Kier alpha value is -2.18. The van der Waals surface area contributed by atoms with E-state index in [4.69, 9.17) is 4.42 Å². The normalized spacial score (nSPS) is 21.6. The van der Waals surface area contributed by atoms with E-state index in [-0.39, 0.29) is 5.91 Å². The lowest BCUT2D eigenvalue weighted by atomic mass is 10.2. The maximum atomic E-state index is 12.9. The first-order valence-corrected chi connectivity index (χ1v) is 8.99. The van der Waals surface area contributed by atoms with Crippen molar-refractivity contribution in [3.63, 3.8) is 0 Å². The zero-order chi connectivity index (χ0) is 17.2. The van der Waals surface area contributed by atoms with Gasteiger partial charge in [-0.2, -0.15) is 0 Å². The van der Waals surface area contributed by atoms with Crippen LogP contribution in [0.3, 0.4) is 0 Å². The molecule has 1 N–H and O–H groups in total. The van der Waals surface area contributed by atoms with Gasteiger partial charge in [0.1, 0.15) is 5.76 Å². The summed E-state index contributed by atoms with van der Waals surface area (Å²) in [6, 6.07) is 10.2. The van der Waals surface area contributed by atoms with E-state index >= 15 is 0 Å². The lowest BCUT2D eigenvalue weighted by Crippen LogP contribution is -2.49. The highest BCUT2D eigenvalue weighted by Crippen LogP contribution is 2.24. The lowest BCUT2D eigenvalue weighted by Gasteiger charge is -2.32. The molecule has 1 amide bonds. The maximum Gasteiger partial charge on any atom is 0.276 e. The predicted molar refractivity (Wildman–Crippen MR) is 95.4 cm³/mol. The zero-order valence-electron chi connectivity index (χ0n) is 14.6. The fourth-order valence-corrected chi connectivity index (χ4v) is 3.72. The molecule has 6 nitrogen and oxygen atoms in total. The zero-order valence-corrected chi connectivity index (χ0v) is 14.6. The van der Waals surface area contributed by atoms with Crippen molar-refractivity contribution in [2.75, 3.05) is 39.3 Å². The molecule has 4 rings (SSSR count). The van der Waals surface area contributed by atoms with Crippen LogP contribution in [0.5, 0.6) is 0 Å². The SMILES string of the molecule is Cc1oc(-c2ccccc2)nc1C(=O)N1CCC(N2CCNCC2)C1. The Balaban J connectivity index is 1.47. The average Bonchev–Trinajstić information content (AvgIpc) is 3.30. The van der Waals surface area contributed by atoms with Crippen LogP contribution < -0.4 is 5.32 Å². The molecular weight excluding hydrogens is 316 g/mol. The number of oxazole rings is 1. The first kappa shape index (κ1) is 16.3. The second-order valence-electron chi connectivity index (χ2n) is 6.77. The number of likely N-dealkylation sites (tertiary alicyclic amines) is 1. The van der Waals surface area contributed by atoms with Crippen molar-refractivity contribution in [1.29, 1.82) is 0 Å². The van der Waals surface area contributed by atoms with Gasteiger partial charge in [-0.15, -0.1) is 0 Å². The third-order valence-electron chi connectivity index (χ3n) is 5.14. The van der Waals surface area contributed by atoms with E-state index < -0.39 is 0 Å². The molecule has 0 saturated carbocycles. The molecule has 6 heteroatoms. The maximum absolute atomic E-state index is 12.9. The molecule has 1 unspecified atom stereocenters. The molecule has 1 aromatic carbocycles. The number of benzene rings is 1. The molecule has 1 atom stereocenters. The van der Waals surface area contributed by atoms with Gasteiger partial charge in [0.15, 0.2) is 5.69 Å². The average molecular weight is 340 g/mol. The molecule has 3 heterocycles. The molecule has 25 heavy (non-hydrogen) atoms. The van der Waals surface area contributed by atoms with Crippen LogP contribution in [0.2, 0.25) is 0 Å². The molecule has 2 aliphatic rings. The standard InChI is InChI=1S/C19H24N4O2/c1-14-17(21-18(25-14)15-5-3-2-4-6-15)19(24)23-10-7-16(13-23)22-11-8-20-9-12-22/h2-6,16,20H,7-13H2,1H3. The number of hydrogen-bond donors (Lipinski definition) is 1. The van der Waals surface area contributed by atoms with Crippen LogP contribution in [0.25, 0.3) is 11.5 Å². The van der Waals surface area contributed by atoms with Crippen molar-refractivity contribution in [2.24, 2.45) is 0 Å².